The highest BCUT2D eigenvalue weighted by Gasteiger charge is 2.13. The lowest BCUT2D eigenvalue weighted by molar-refractivity contribution is -0.136. The molecule has 3 aromatic carbocycles. The second-order valence-corrected chi connectivity index (χ2v) is 6.56. The number of nitrogens with zero attached hydrogens (tertiary/aromatic N) is 1. The third-order valence-electron chi connectivity index (χ3n) is 4.38. The first kappa shape index (κ1) is 22.4. The van der Waals surface area contributed by atoms with Crippen LogP contribution in [0, 0.1) is 0 Å². The number of carbonyl (C=O) groups is 2. The van der Waals surface area contributed by atoms with Gasteiger partial charge in [-0.25, -0.2) is 5.43 Å². The third-order valence-corrected chi connectivity index (χ3v) is 4.38. The standard InChI is InChI=1S/C24H23N3O5/c1-30-21-11-8-18(22(14-21)31-2)15-25-27-24(29)23(28)26-19-9-12-20(13-10-19)32-16-17-6-4-3-5-7-17/h3-15H,16H2,1-2H3,(H,26,28)(H,27,29)/b25-15-. The van der Waals surface area contributed by atoms with E-state index in [1.54, 1.807) is 49.6 Å². The van der Waals surface area contributed by atoms with Gasteiger partial charge >= 0.3 is 11.8 Å². The maximum atomic E-state index is 12.1. The molecule has 164 valence electrons. The SMILES string of the molecule is COc1ccc(/C=N\NC(=O)C(=O)Nc2ccc(OCc3ccccc3)cc2)c(OC)c1. The van der Waals surface area contributed by atoms with Crippen LogP contribution in [0.4, 0.5) is 5.69 Å². The van der Waals surface area contributed by atoms with E-state index in [0.717, 1.165) is 5.56 Å². The Morgan fingerprint density at radius 3 is 2.28 bits per heavy atom. The normalized spacial score (nSPS) is 10.4. The second kappa shape index (κ2) is 11.2. The maximum absolute atomic E-state index is 12.1. The number of methoxy groups -OCH3 is 2. The number of rotatable bonds is 8. The number of hydrogen-bond donors (Lipinski definition) is 2. The number of hydrogen-bond acceptors (Lipinski definition) is 6. The van der Waals surface area contributed by atoms with Crippen molar-refractivity contribution in [2.75, 3.05) is 19.5 Å². The maximum Gasteiger partial charge on any atom is 0.329 e. The van der Waals surface area contributed by atoms with E-state index in [1.807, 2.05) is 30.3 Å². The van der Waals surface area contributed by atoms with Crippen molar-refractivity contribution < 1.29 is 23.8 Å². The first-order chi connectivity index (χ1) is 15.6. The summed E-state index contributed by atoms with van der Waals surface area (Å²) in [5.41, 5.74) is 4.31. The first-order valence-corrected chi connectivity index (χ1v) is 9.72. The Hall–Kier alpha value is -4.33. The van der Waals surface area contributed by atoms with Crippen LogP contribution >= 0.6 is 0 Å². The van der Waals surface area contributed by atoms with Gasteiger partial charge < -0.3 is 19.5 Å². The van der Waals surface area contributed by atoms with Crippen molar-refractivity contribution in [2.24, 2.45) is 5.10 Å². The van der Waals surface area contributed by atoms with E-state index in [0.29, 0.717) is 35.1 Å². The van der Waals surface area contributed by atoms with Crippen molar-refractivity contribution in [3.8, 4) is 17.2 Å². The molecule has 0 fully saturated rings. The predicted octanol–water partition coefficient (Wildman–Crippen LogP) is 3.37. The molecule has 3 rings (SSSR count). The van der Waals surface area contributed by atoms with Crippen molar-refractivity contribution in [3.63, 3.8) is 0 Å². The van der Waals surface area contributed by atoms with Gasteiger partial charge in [0.1, 0.15) is 23.9 Å². The summed E-state index contributed by atoms with van der Waals surface area (Å²) in [4.78, 5) is 24.1. The van der Waals surface area contributed by atoms with Crippen LogP contribution in [0.5, 0.6) is 17.2 Å². The summed E-state index contributed by atoms with van der Waals surface area (Å²) in [7, 11) is 3.06. The molecule has 0 aliphatic heterocycles. The fourth-order valence-corrected chi connectivity index (χ4v) is 2.70. The Morgan fingerprint density at radius 2 is 1.59 bits per heavy atom. The van der Waals surface area contributed by atoms with Gasteiger partial charge in [0, 0.05) is 17.3 Å². The Balaban J connectivity index is 1.50. The van der Waals surface area contributed by atoms with Gasteiger partial charge in [0.2, 0.25) is 0 Å². The summed E-state index contributed by atoms with van der Waals surface area (Å²) in [5, 5.41) is 6.32. The Bertz CT molecular complexity index is 1080. The topological polar surface area (TPSA) is 98.2 Å². The van der Waals surface area contributed by atoms with Gasteiger partial charge in [0.25, 0.3) is 0 Å². The molecule has 0 saturated carbocycles. The number of hydrazone groups is 1. The van der Waals surface area contributed by atoms with E-state index in [2.05, 4.69) is 15.8 Å². The van der Waals surface area contributed by atoms with Crippen LogP contribution in [-0.2, 0) is 16.2 Å². The fraction of sp³-hybridized carbons (Fsp3) is 0.125. The Kier molecular flexibility index (Phi) is 7.80. The highest BCUT2D eigenvalue weighted by atomic mass is 16.5. The molecule has 0 aliphatic carbocycles. The zero-order valence-electron chi connectivity index (χ0n) is 17.7. The number of anilines is 1. The van der Waals surface area contributed by atoms with Gasteiger partial charge in [-0.15, -0.1) is 0 Å². The molecule has 0 bridgehead atoms. The molecule has 0 aliphatic rings. The second-order valence-electron chi connectivity index (χ2n) is 6.56. The summed E-state index contributed by atoms with van der Waals surface area (Å²) in [6, 6.07) is 21.6. The van der Waals surface area contributed by atoms with Crippen LogP contribution in [-0.4, -0.2) is 32.2 Å². The number of carbonyl (C=O) groups excluding carboxylic acids is 2. The van der Waals surface area contributed by atoms with E-state index in [1.165, 1.54) is 13.3 Å². The molecule has 0 unspecified atom stereocenters. The smallest absolute Gasteiger partial charge is 0.329 e. The molecule has 0 atom stereocenters. The molecular weight excluding hydrogens is 410 g/mol. The minimum Gasteiger partial charge on any atom is -0.497 e. The first-order valence-electron chi connectivity index (χ1n) is 9.72. The average molecular weight is 433 g/mol. The van der Waals surface area contributed by atoms with Gasteiger partial charge in [-0.05, 0) is 42.0 Å². The average Bonchev–Trinajstić information content (AvgIpc) is 2.84. The number of nitrogens with one attached hydrogen (secondary N) is 2. The minimum atomic E-state index is -0.905. The molecule has 8 nitrogen and oxygen atoms in total. The molecule has 0 spiro atoms. The largest absolute Gasteiger partial charge is 0.497 e. The molecule has 0 heterocycles. The lowest BCUT2D eigenvalue weighted by Crippen LogP contribution is -2.32. The zero-order chi connectivity index (χ0) is 22.8. The van der Waals surface area contributed by atoms with Crippen LogP contribution in [0.2, 0.25) is 0 Å². The minimum absolute atomic E-state index is 0.436. The molecule has 8 heteroatoms. The van der Waals surface area contributed by atoms with Crippen LogP contribution in [0.3, 0.4) is 0 Å². The van der Waals surface area contributed by atoms with Crippen molar-refractivity contribution in [1.29, 1.82) is 0 Å². The third kappa shape index (κ3) is 6.33. The van der Waals surface area contributed by atoms with E-state index in [4.69, 9.17) is 14.2 Å². The quantitative estimate of drug-likeness (QED) is 0.322. The Labute approximate surface area is 185 Å². The molecular formula is C24H23N3O5. The molecule has 3 aromatic rings. The molecule has 2 amide bonds. The van der Waals surface area contributed by atoms with Gasteiger partial charge in [0.15, 0.2) is 0 Å². The van der Waals surface area contributed by atoms with E-state index >= 15 is 0 Å². The number of amides is 2. The van der Waals surface area contributed by atoms with E-state index in [-0.39, 0.29) is 0 Å². The summed E-state index contributed by atoms with van der Waals surface area (Å²) in [6.45, 7) is 0.436. The molecule has 0 saturated heterocycles. The van der Waals surface area contributed by atoms with E-state index in [9.17, 15) is 9.59 Å². The molecule has 32 heavy (non-hydrogen) atoms. The van der Waals surface area contributed by atoms with Gasteiger partial charge in [-0.3, -0.25) is 9.59 Å². The highest BCUT2D eigenvalue weighted by Crippen LogP contribution is 2.23. The van der Waals surface area contributed by atoms with E-state index < -0.39 is 11.8 Å². The van der Waals surface area contributed by atoms with Crippen molar-refractivity contribution >= 4 is 23.7 Å². The molecule has 0 aromatic heterocycles. The monoisotopic (exact) mass is 433 g/mol. The van der Waals surface area contributed by atoms with Gasteiger partial charge in [-0.1, -0.05) is 30.3 Å². The van der Waals surface area contributed by atoms with Crippen molar-refractivity contribution in [1.82, 2.24) is 5.43 Å². The summed E-state index contributed by atoms with van der Waals surface area (Å²) < 4.78 is 16.1. The zero-order valence-corrected chi connectivity index (χ0v) is 17.7. The lowest BCUT2D eigenvalue weighted by atomic mass is 10.2. The number of ether oxygens (including phenoxy) is 3. The number of benzene rings is 3. The van der Waals surface area contributed by atoms with Crippen LogP contribution in [0.1, 0.15) is 11.1 Å². The molecule has 0 radical (unpaired) electrons. The molecule has 2 N–H and O–H groups in total. The Morgan fingerprint density at radius 1 is 0.875 bits per heavy atom. The highest BCUT2D eigenvalue weighted by molar-refractivity contribution is 6.39. The summed E-state index contributed by atoms with van der Waals surface area (Å²) in [6.07, 6.45) is 1.38. The van der Waals surface area contributed by atoms with Gasteiger partial charge in [-0.2, -0.15) is 5.10 Å². The summed E-state index contributed by atoms with van der Waals surface area (Å²) >= 11 is 0. The van der Waals surface area contributed by atoms with Crippen molar-refractivity contribution in [3.05, 3.63) is 83.9 Å². The predicted molar refractivity (Wildman–Crippen MR) is 121 cm³/mol. The van der Waals surface area contributed by atoms with Crippen LogP contribution in [0.15, 0.2) is 77.9 Å². The summed E-state index contributed by atoms with van der Waals surface area (Å²) in [5.74, 6) is 0.0366. The van der Waals surface area contributed by atoms with Gasteiger partial charge in [0.05, 0.1) is 20.4 Å². The van der Waals surface area contributed by atoms with Crippen molar-refractivity contribution in [2.45, 2.75) is 6.61 Å². The fourth-order valence-electron chi connectivity index (χ4n) is 2.70. The van der Waals surface area contributed by atoms with Crippen LogP contribution in [0.25, 0.3) is 0 Å². The van der Waals surface area contributed by atoms with Crippen LogP contribution < -0.4 is 25.0 Å². The lowest BCUT2D eigenvalue weighted by Gasteiger charge is -2.08.